The van der Waals surface area contributed by atoms with E-state index in [1.165, 1.54) is 31.0 Å². The number of aliphatic carboxylic acids is 1. The Hall–Kier alpha value is -4.46. The first-order valence-corrected chi connectivity index (χ1v) is 12.4. The van der Waals surface area contributed by atoms with Crippen LogP contribution in [-0.4, -0.2) is 44.8 Å². The van der Waals surface area contributed by atoms with Crippen molar-refractivity contribution in [2.75, 3.05) is 6.54 Å². The summed E-state index contributed by atoms with van der Waals surface area (Å²) in [6, 6.07) is 8.28. The number of nitrogens with one attached hydrogen (secondary N) is 2. The van der Waals surface area contributed by atoms with Crippen LogP contribution in [0.15, 0.2) is 36.4 Å². The smallest absolute Gasteiger partial charge is 0.478 e. The molecule has 1 saturated carbocycles. The van der Waals surface area contributed by atoms with Gasteiger partial charge in [-0.15, -0.1) is 0 Å². The van der Waals surface area contributed by atoms with E-state index in [2.05, 4.69) is 15.3 Å². The monoisotopic (exact) mass is 597 g/mol. The molecule has 0 amide bonds. The predicted molar refractivity (Wildman–Crippen MR) is 137 cm³/mol. The zero-order valence-electron chi connectivity index (χ0n) is 21.7. The molecule has 1 aliphatic carbocycles. The van der Waals surface area contributed by atoms with E-state index in [4.69, 9.17) is 9.90 Å². The number of nitrogens with zero attached hydrogens (tertiary/aromatic N) is 1. The van der Waals surface area contributed by atoms with Gasteiger partial charge < -0.3 is 20.5 Å². The van der Waals surface area contributed by atoms with Crippen molar-refractivity contribution >= 4 is 23.0 Å². The van der Waals surface area contributed by atoms with E-state index in [0.717, 1.165) is 18.2 Å². The number of imidazole rings is 1. The summed E-state index contributed by atoms with van der Waals surface area (Å²) in [7, 11) is 0. The number of aromatic carboxylic acids is 1. The van der Waals surface area contributed by atoms with Crippen LogP contribution < -0.4 is 5.32 Å². The predicted octanol–water partition coefficient (Wildman–Crippen LogP) is 6.59. The van der Waals surface area contributed by atoms with E-state index in [1.54, 1.807) is 19.1 Å². The minimum absolute atomic E-state index is 0.0128. The van der Waals surface area contributed by atoms with Crippen LogP contribution in [0.3, 0.4) is 0 Å². The molecule has 1 aromatic heterocycles. The van der Waals surface area contributed by atoms with Crippen molar-refractivity contribution in [3.05, 3.63) is 76.6 Å². The Morgan fingerprint density at radius 1 is 0.929 bits per heavy atom. The Balaban J connectivity index is 0.000000517. The van der Waals surface area contributed by atoms with Gasteiger partial charge in [-0.05, 0) is 61.1 Å². The minimum Gasteiger partial charge on any atom is -0.478 e. The zero-order chi connectivity index (χ0) is 30.9. The van der Waals surface area contributed by atoms with Crippen LogP contribution in [0.4, 0.5) is 30.7 Å². The van der Waals surface area contributed by atoms with E-state index >= 15 is 17.6 Å². The first-order valence-electron chi connectivity index (χ1n) is 12.4. The molecule has 0 aliphatic heterocycles. The van der Waals surface area contributed by atoms with E-state index in [-0.39, 0.29) is 27.7 Å². The summed E-state index contributed by atoms with van der Waals surface area (Å²) in [5.41, 5.74) is -1.38. The Kier molecular flexibility index (Phi) is 8.57. The van der Waals surface area contributed by atoms with Crippen molar-refractivity contribution in [3.63, 3.8) is 0 Å². The van der Waals surface area contributed by atoms with Crippen molar-refractivity contribution in [1.82, 2.24) is 15.3 Å². The van der Waals surface area contributed by atoms with Gasteiger partial charge in [-0.2, -0.15) is 13.2 Å². The summed E-state index contributed by atoms with van der Waals surface area (Å²) in [5.74, 6) is -9.42. The molecule has 3 aromatic carbocycles. The van der Waals surface area contributed by atoms with Crippen molar-refractivity contribution in [1.29, 1.82) is 0 Å². The van der Waals surface area contributed by atoms with E-state index in [1.807, 2.05) is 0 Å². The normalized spacial score (nSPS) is 13.1. The summed E-state index contributed by atoms with van der Waals surface area (Å²) in [5, 5.41) is 19.9. The van der Waals surface area contributed by atoms with Crippen molar-refractivity contribution < 1.29 is 50.5 Å². The Morgan fingerprint density at radius 2 is 1.45 bits per heavy atom. The molecular weight excluding hydrogens is 575 g/mol. The number of hydrogen-bond donors (Lipinski definition) is 4. The SMILES string of the molecule is Cc1nc2c(C(=O)O)cc(-c3c(F)c(F)c(-c4ccc(CNCC5CC5)cc4)c(F)c3F)cc2[nH]1.O=C(O)C(F)(F)F. The number of carboxylic acids is 2. The lowest BCUT2D eigenvalue weighted by molar-refractivity contribution is -0.192. The van der Waals surface area contributed by atoms with Crippen LogP contribution in [0.5, 0.6) is 0 Å². The Morgan fingerprint density at radius 3 is 1.93 bits per heavy atom. The fourth-order valence-corrected chi connectivity index (χ4v) is 4.22. The van der Waals surface area contributed by atoms with Gasteiger partial charge >= 0.3 is 18.1 Å². The number of halogens is 7. The molecule has 0 saturated heterocycles. The number of aromatic amines is 1. The molecule has 4 aromatic rings. The largest absolute Gasteiger partial charge is 0.490 e. The number of rotatable bonds is 7. The van der Waals surface area contributed by atoms with Crippen LogP contribution >= 0.6 is 0 Å². The van der Waals surface area contributed by atoms with Gasteiger partial charge in [0.15, 0.2) is 23.3 Å². The van der Waals surface area contributed by atoms with Gasteiger partial charge in [0.25, 0.3) is 0 Å². The summed E-state index contributed by atoms with van der Waals surface area (Å²) in [6.07, 6.45) is -2.66. The molecule has 0 spiro atoms. The molecule has 222 valence electrons. The highest BCUT2D eigenvalue weighted by Gasteiger charge is 2.38. The number of alkyl halides is 3. The van der Waals surface area contributed by atoms with Crippen molar-refractivity contribution in [3.8, 4) is 22.3 Å². The van der Waals surface area contributed by atoms with Gasteiger partial charge in [0.2, 0.25) is 0 Å². The van der Waals surface area contributed by atoms with Gasteiger partial charge in [-0.25, -0.2) is 32.1 Å². The molecule has 14 heteroatoms. The maximum atomic E-state index is 15.2. The molecule has 1 aliphatic rings. The van der Waals surface area contributed by atoms with Crippen LogP contribution in [0.1, 0.15) is 34.6 Å². The summed E-state index contributed by atoms with van der Waals surface area (Å²) in [4.78, 5) is 27.4. The number of H-pyrrole nitrogens is 1. The van der Waals surface area contributed by atoms with Gasteiger partial charge in [0.05, 0.1) is 22.2 Å². The summed E-state index contributed by atoms with van der Waals surface area (Å²) < 4.78 is 92.3. The molecule has 0 bridgehead atoms. The molecule has 7 nitrogen and oxygen atoms in total. The van der Waals surface area contributed by atoms with E-state index in [0.29, 0.717) is 18.3 Å². The molecule has 42 heavy (non-hydrogen) atoms. The van der Waals surface area contributed by atoms with Crippen molar-refractivity contribution in [2.24, 2.45) is 5.92 Å². The van der Waals surface area contributed by atoms with Crippen LogP contribution in [0.2, 0.25) is 0 Å². The summed E-state index contributed by atoms with van der Waals surface area (Å²) >= 11 is 0. The van der Waals surface area contributed by atoms with Gasteiger partial charge in [-0.1, -0.05) is 24.3 Å². The van der Waals surface area contributed by atoms with Gasteiger partial charge in [-0.3, -0.25) is 0 Å². The highest BCUT2D eigenvalue weighted by atomic mass is 19.4. The van der Waals surface area contributed by atoms with Crippen LogP contribution in [0.25, 0.3) is 33.3 Å². The quantitative estimate of drug-likeness (QED) is 0.141. The Bertz CT molecular complexity index is 1630. The molecule has 0 unspecified atom stereocenters. The zero-order valence-corrected chi connectivity index (χ0v) is 21.7. The van der Waals surface area contributed by atoms with Gasteiger partial charge in [0.1, 0.15) is 11.3 Å². The van der Waals surface area contributed by atoms with Crippen LogP contribution in [0, 0.1) is 36.1 Å². The van der Waals surface area contributed by atoms with Crippen LogP contribution in [-0.2, 0) is 11.3 Å². The highest BCUT2D eigenvalue weighted by Crippen LogP contribution is 2.38. The number of aromatic nitrogens is 2. The first kappa shape index (κ1) is 30.5. The third-order valence-corrected chi connectivity index (χ3v) is 6.43. The number of aryl methyl sites for hydroxylation is 1. The number of benzene rings is 3. The average molecular weight is 597 g/mol. The van der Waals surface area contributed by atoms with Crippen molar-refractivity contribution in [2.45, 2.75) is 32.5 Å². The standard InChI is InChI=1S/C26H21F4N3O2.C2HF3O2/c1-12-32-18-9-16(8-17(26(34)35)25(18)33-12)20-23(29)21(27)19(22(28)24(20)30)15-6-4-14(5-7-15)11-31-10-13-2-3-13;3-2(4,5)1(6)7/h4-9,13,31H,2-3,10-11H2,1H3,(H,32,33)(H,34,35);(H,6,7). The lowest BCUT2D eigenvalue weighted by Crippen LogP contribution is -2.21. The topological polar surface area (TPSA) is 115 Å². The highest BCUT2D eigenvalue weighted by molar-refractivity contribution is 6.03. The molecule has 1 heterocycles. The van der Waals surface area contributed by atoms with E-state index < -0.39 is 52.5 Å². The summed E-state index contributed by atoms with van der Waals surface area (Å²) in [6.45, 7) is 3.05. The fourth-order valence-electron chi connectivity index (χ4n) is 4.22. The van der Waals surface area contributed by atoms with E-state index in [9.17, 15) is 23.1 Å². The number of carboxylic acid groups (broad SMARTS) is 2. The molecule has 5 rings (SSSR count). The van der Waals surface area contributed by atoms with Gasteiger partial charge in [0, 0.05) is 6.54 Å². The molecule has 0 radical (unpaired) electrons. The maximum Gasteiger partial charge on any atom is 0.490 e. The average Bonchev–Trinajstić information content (AvgIpc) is 3.66. The number of carbonyl (C=O) groups is 2. The third-order valence-electron chi connectivity index (χ3n) is 6.43. The lowest BCUT2D eigenvalue weighted by Gasteiger charge is -2.14. The minimum atomic E-state index is -5.08. The first-order chi connectivity index (χ1) is 19.7. The molecule has 1 fully saturated rings. The molecule has 4 N–H and O–H groups in total. The fraction of sp³-hybridized carbons (Fsp3) is 0.250. The number of hydrogen-bond acceptors (Lipinski definition) is 4. The Labute approximate surface area is 233 Å². The lowest BCUT2D eigenvalue weighted by atomic mass is 9.95. The number of fused-ring (bicyclic) bond motifs is 1. The molecule has 0 atom stereocenters. The molecular formula is C28H22F7N3O4. The second kappa shape index (κ2) is 11.8. The second-order valence-corrected chi connectivity index (χ2v) is 9.63. The maximum absolute atomic E-state index is 15.2. The third kappa shape index (κ3) is 6.54. The second-order valence-electron chi connectivity index (χ2n) is 9.63.